The molecule has 3 N–H and O–H groups in total. The Balaban J connectivity index is 2.63. The monoisotopic (exact) mass is 224 g/mol. The van der Waals surface area contributed by atoms with Crippen molar-refractivity contribution < 1.29 is 4.74 Å². The molecule has 0 aliphatic rings. The van der Waals surface area contributed by atoms with Gasteiger partial charge in [0.25, 0.3) is 0 Å². The number of nitrogens with one attached hydrogen (secondary N) is 1. The normalized spacial score (nSPS) is 10.2. The smallest absolute Gasteiger partial charge is 0.151 e. The second-order valence-electron chi connectivity index (χ2n) is 3.16. The highest BCUT2D eigenvalue weighted by Crippen LogP contribution is 2.16. The first-order valence-electron chi connectivity index (χ1n) is 4.76. The number of hydrogen-bond acceptors (Lipinski definition) is 3. The minimum atomic E-state index is 0.163. The molecule has 0 aliphatic heterocycles. The predicted molar refractivity (Wildman–Crippen MR) is 65.2 cm³/mol. The van der Waals surface area contributed by atoms with Gasteiger partial charge in [0.15, 0.2) is 5.17 Å². The van der Waals surface area contributed by atoms with E-state index in [1.165, 1.54) is 22.9 Å². The van der Waals surface area contributed by atoms with Crippen LogP contribution in [-0.2, 0) is 16.9 Å². The number of benzene rings is 1. The number of hydrogen-bond donors (Lipinski definition) is 2. The van der Waals surface area contributed by atoms with Crippen molar-refractivity contribution in [3.05, 3.63) is 35.4 Å². The van der Waals surface area contributed by atoms with Gasteiger partial charge in [-0.05, 0) is 17.5 Å². The highest BCUT2D eigenvalue weighted by atomic mass is 32.2. The quantitative estimate of drug-likeness (QED) is 0.594. The minimum Gasteiger partial charge on any atom is -0.384 e. The molecule has 0 unspecified atom stereocenters. The van der Waals surface area contributed by atoms with Gasteiger partial charge in [-0.25, -0.2) is 0 Å². The van der Waals surface area contributed by atoms with Gasteiger partial charge in [-0.3, -0.25) is 5.41 Å². The molecular formula is C11H16N2OS. The van der Waals surface area contributed by atoms with Gasteiger partial charge in [0.1, 0.15) is 0 Å². The van der Waals surface area contributed by atoms with Crippen molar-refractivity contribution in [3.63, 3.8) is 0 Å². The summed E-state index contributed by atoms with van der Waals surface area (Å²) in [5, 5.41) is 7.33. The van der Waals surface area contributed by atoms with E-state index in [0.717, 1.165) is 18.8 Å². The van der Waals surface area contributed by atoms with Crippen LogP contribution in [0.4, 0.5) is 0 Å². The van der Waals surface area contributed by atoms with Crippen molar-refractivity contribution in [2.45, 2.75) is 12.2 Å². The Morgan fingerprint density at radius 1 is 1.40 bits per heavy atom. The standard InChI is InChI=1S/C11H16N2OS/c1-14-7-6-9-4-2-3-5-10(9)8-15-11(12)13/h2-5H,6-8H2,1H3,(H3,12,13). The van der Waals surface area contributed by atoms with Gasteiger partial charge in [0.2, 0.25) is 0 Å². The summed E-state index contributed by atoms with van der Waals surface area (Å²) in [7, 11) is 1.70. The fourth-order valence-corrected chi connectivity index (χ4v) is 1.90. The Bertz CT molecular complexity index is 328. The topological polar surface area (TPSA) is 59.1 Å². The molecule has 0 amide bonds. The summed E-state index contributed by atoms with van der Waals surface area (Å²) in [6.45, 7) is 0.724. The third kappa shape index (κ3) is 4.36. The summed E-state index contributed by atoms with van der Waals surface area (Å²) in [4.78, 5) is 0. The molecule has 1 aromatic rings. The summed E-state index contributed by atoms with van der Waals surface area (Å²) < 4.78 is 5.05. The van der Waals surface area contributed by atoms with E-state index in [-0.39, 0.29) is 5.17 Å². The maximum Gasteiger partial charge on any atom is 0.151 e. The van der Waals surface area contributed by atoms with Crippen LogP contribution in [0, 0.1) is 5.41 Å². The molecule has 0 saturated carbocycles. The summed E-state index contributed by atoms with van der Waals surface area (Å²) in [5.41, 5.74) is 7.81. The molecule has 1 aromatic carbocycles. The first-order chi connectivity index (χ1) is 7.24. The highest BCUT2D eigenvalue weighted by molar-refractivity contribution is 8.13. The summed E-state index contributed by atoms with van der Waals surface area (Å²) in [6, 6.07) is 8.19. The zero-order chi connectivity index (χ0) is 11.1. The first-order valence-corrected chi connectivity index (χ1v) is 5.75. The minimum absolute atomic E-state index is 0.163. The number of nitrogens with two attached hydrogens (primary N) is 1. The third-order valence-corrected chi connectivity index (χ3v) is 2.84. The molecule has 0 radical (unpaired) electrons. The highest BCUT2D eigenvalue weighted by Gasteiger charge is 2.02. The third-order valence-electron chi connectivity index (χ3n) is 2.08. The van der Waals surface area contributed by atoms with E-state index in [4.69, 9.17) is 15.9 Å². The van der Waals surface area contributed by atoms with E-state index in [2.05, 4.69) is 12.1 Å². The molecule has 0 bridgehead atoms. The SMILES string of the molecule is COCCc1ccccc1CSC(=N)N. The molecule has 3 nitrogen and oxygen atoms in total. The van der Waals surface area contributed by atoms with Crippen LogP contribution < -0.4 is 5.73 Å². The molecule has 0 aliphatic carbocycles. The fraction of sp³-hybridized carbons (Fsp3) is 0.364. The van der Waals surface area contributed by atoms with Gasteiger partial charge in [-0.1, -0.05) is 36.0 Å². The Hall–Kier alpha value is -1.00. The lowest BCUT2D eigenvalue weighted by Gasteiger charge is -2.07. The number of thioether (sulfide) groups is 1. The number of ether oxygens (including phenoxy) is 1. The average molecular weight is 224 g/mol. The lowest BCUT2D eigenvalue weighted by Crippen LogP contribution is -2.05. The zero-order valence-corrected chi connectivity index (χ0v) is 9.64. The Morgan fingerprint density at radius 2 is 2.07 bits per heavy atom. The average Bonchev–Trinajstić information content (AvgIpc) is 2.24. The van der Waals surface area contributed by atoms with Crippen LogP contribution in [0.1, 0.15) is 11.1 Å². The summed E-state index contributed by atoms with van der Waals surface area (Å²) >= 11 is 1.35. The Morgan fingerprint density at radius 3 is 2.67 bits per heavy atom. The fourth-order valence-electron chi connectivity index (χ4n) is 1.31. The van der Waals surface area contributed by atoms with Crippen molar-refractivity contribution in [1.82, 2.24) is 0 Å². The Kier molecular flexibility index (Phi) is 5.21. The van der Waals surface area contributed by atoms with Crippen molar-refractivity contribution in [3.8, 4) is 0 Å². The van der Waals surface area contributed by atoms with E-state index in [1.54, 1.807) is 7.11 Å². The summed E-state index contributed by atoms with van der Waals surface area (Å²) in [6.07, 6.45) is 0.908. The number of amidine groups is 1. The zero-order valence-electron chi connectivity index (χ0n) is 8.82. The molecule has 0 heterocycles. The predicted octanol–water partition coefficient (Wildman–Crippen LogP) is 2.00. The van der Waals surface area contributed by atoms with Crippen molar-refractivity contribution in [2.24, 2.45) is 5.73 Å². The van der Waals surface area contributed by atoms with Gasteiger partial charge in [0.05, 0.1) is 6.61 Å². The Labute approximate surface area is 94.5 Å². The van der Waals surface area contributed by atoms with Crippen LogP contribution in [0.15, 0.2) is 24.3 Å². The number of rotatable bonds is 5. The van der Waals surface area contributed by atoms with E-state index < -0.39 is 0 Å². The molecule has 0 fully saturated rings. The van der Waals surface area contributed by atoms with Crippen molar-refractivity contribution in [2.75, 3.05) is 13.7 Å². The van der Waals surface area contributed by atoms with Gasteiger partial charge < -0.3 is 10.5 Å². The molecule has 0 atom stereocenters. The van der Waals surface area contributed by atoms with Crippen LogP contribution in [0.5, 0.6) is 0 Å². The van der Waals surface area contributed by atoms with Crippen LogP contribution in [0.25, 0.3) is 0 Å². The second kappa shape index (κ2) is 6.48. The summed E-state index contributed by atoms with van der Waals surface area (Å²) in [5.74, 6) is 0.759. The van der Waals surface area contributed by atoms with Gasteiger partial charge in [0, 0.05) is 12.9 Å². The van der Waals surface area contributed by atoms with E-state index in [0.29, 0.717) is 0 Å². The molecule has 15 heavy (non-hydrogen) atoms. The molecule has 4 heteroatoms. The maximum absolute atomic E-state index is 7.17. The molecule has 0 aromatic heterocycles. The van der Waals surface area contributed by atoms with Gasteiger partial charge >= 0.3 is 0 Å². The number of methoxy groups -OCH3 is 1. The lowest BCUT2D eigenvalue weighted by molar-refractivity contribution is 0.202. The van der Waals surface area contributed by atoms with Crippen LogP contribution in [0.2, 0.25) is 0 Å². The van der Waals surface area contributed by atoms with Crippen LogP contribution >= 0.6 is 11.8 Å². The van der Waals surface area contributed by atoms with Gasteiger partial charge in [-0.15, -0.1) is 0 Å². The van der Waals surface area contributed by atoms with E-state index in [9.17, 15) is 0 Å². The van der Waals surface area contributed by atoms with Crippen LogP contribution in [-0.4, -0.2) is 18.9 Å². The first kappa shape index (κ1) is 12.1. The van der Waals surface area contributed by atoms with Crippen molar-refractivity contribution >= 4 is 16.9 Å². The molecule has 0 saturated heterocycles. The van der Waals surface area contributed by atoms with Crippen LogP contribution in [0.3, 0.4) is 0 Å². The van der Waals surface area contributed by atoms with Crippen molar-refractivity contribution in [1.29, 1.82) is 5.41 Å². The van der Waals surface area contributed by atoms with E-state index >= 15 is 0 Å². The maximum atomic E-state index is 7.17. The molecule has 0 spiro atoms. The molecular weight excluding hydrogens is 208 g/mol. The van der Waals surface area contributed by atoms with E-state index in [1.807, 2.05) is 12.1 Å². The molecule has 82 valence electrons. The second-order valence-corrected chi connectivity index (χ2v) is 4.18. The van der Waals surface area contributed by atoms with Gasteiger partial charge in [-0.2, -0.15) is 0 Å². The largest absolute Gasteiger partial charge is 0.384 e. The lowest BCUT2D eigenvalue weighted by atomic mass is 10.1. The molecule has 1 rings (SSSR count).